The molecule has 3 aromatic rings. The summed E-state index contributed by atoms with van der Waals surface area (Å²) < 4.78 is 5.03. The lowest BCUT2D eigenvalue weighted by molar-refractivity contribution is -0.124. The topological polar surface area (TPSA) is 85.4 Å². The lowest BCUT2D eigenvalue weighted by Gasteiger charge is -2.36. The minimum atomic E-state index is -0.711. The molecule has 2 heterocycles. The number of ether oxygens (including phenoxy) is 1. The van der Waals surface area contributed by atoms with Crippen molar-refractivity contribution in [1.82, 2.24) is 9.80 Å². The highest BCUT2D eigenvalue weighted by Crippen LogP contribution is 2.28. The van der Waals surface area contributed by atoms with Gasteiger partial charge in [0.05, 0.1) is 24.3 Å². The number of esters is 1. The molecule has 2 amide bonds. The van der Waals surface area contributed by atoms with Crippen LogP contribution in [0.5, 0.6) is 0 Å². The lowest BCUT2D eigenvalue weighted by atomic mass is 10.1. The Labute approximate surface area is 264 Å². The Morgan fingerprint density at radius 3 is 2.23 bits per heavy atom. The molecule has 3 aromatic carbocycles. The Hall–Kier alpha value is -4.28. The third-order valence-corrected chi connectivity index (χ3v) is 8.45. The first-order valence-corrected chi connectivity index (χ1v) is 15.6. The van der Waals surface area contributed by atoms with Gasteiger partial charge in [-0.3, -0.25) is 19.4 Å². The SMILES string of the molecule is CCOC(=O)c1ccc(NC(=O)C[C@@H]2C(=O)N(c3ccc(C)cc3)C(=S)N2CCCN2CCN(c3ccccc3)CC2)cc1. The molecule has 2 aliphatic heterocycles. The van der Waals surface area contributed by atoms with Crippen molar-refractivity contribution in [3.8, 4) is 0 Å². The molecular formula is C34H39N5O4S. The van der Waals surface area contributed by atoms with Gasteiger partial charge in [-0.1, -0.05) is 35.9 Å². The van der Waals surface area contributed by atoms with Gasteiger partial charge in [-0.2, -0.15) is 0 Å². The van der Waals surface area contributed by atoms with Gasteiger partial charge in [0.25, 0.3) is 5.91 Å². The Kier molecular flexibility index (Phi) is 10.2. The molecule has 2 saturated heterocycles. The van der Waals surface area contributed by atoms with Gasteiger partial charge in [0.15, 0.2) is 5.11 Å². The average Bonchev–Trinajstić information content (AvgIpc) is 3.26. The van der Waals surface area contributed by atoms with Crippen molar-refractivity contribution in [2.24, 2.45) is 0 Å². The highest BCUT2D eigenvalue weighted by atomic mass is 32.1. The third kappa shape index (κ3) is 7.43. The van der Waals surface area contributed by atoms with E-state index in [9.17, 15) is 14.4 Å². The number of para-hydroxylation sites is 1. The Morgan fingerprint density at radius 2 is 1.57 bits per heavy atom. The zero-order chi connectivity index (χ0) is 31.1. The predicted molar refractivity (Wildman–Crippen MR) is 177 cm³/mol. The monoisotopic (exact) mass is 613 g/mol. The Morgan fingerprint density at radius 1 is 0.886 bits per heavy atom. The molecule has 10 heteroatoms. The molecule has 5 rings (SSSR count). The number of anilines is 3. The highest BCUT2D eigenvalue weighted by Gasteiger charge is 2.44. The van der Waals surface area contributed by atoms with Crippen LogP contribution in [0.4, 0.5) is 17.1 Å². The van der Waals surface area contributed by atoms with Crippen LogP contribution in [0, 0.1) is 6.92 Å². The average molecular weight is 614 g/mol. The van der Waals surface area contributed by atoms with Crippen LogP contribution in [0.1, 0.15) is 35.7 Å². The molecule has 0 spiro atoms. The van der Waals surface area contributed by atoms with Gasteiger partial charge < -0.3 is 19.9 Å². The number of aryl methyl sites for hydroxylation is 1. The van der Waals surface area contributed by atoms with Crippen molar-refractivity contribution in [3.05, 3.63) is 90.0 Å². The molecule has 0 saturated carbocycles. The van der Waals surface area contributed by atoms with E-state index in [1.54, 1.807) is 36.1 Å². The normalized spacial score (nSPS) is 17.2. The number of carbonyl (C=O) groups is 3. The van der Waals surface area contributed by atoms with E-state index in [0.29, 0.717) is 28.6 Å². The van der Waals surface area contributed by atoms with Crippen molar-refractivity contribution < 1.29 is 19.1 Å². The molecule has 0 bridgehead atoms. The first-order chi connectivity index (χ1) is 21.3. The summed E-state index contributed by atoms with van der Waals surface area (Å²) >= 11 is 5.85. The van der Waals surface area contributed by atoms with Crippen molar-refractivity contribution in [3.63, 3.8) is 0 Å². The molecule has 1 N–H and O–H groups in total. The summed E-state index contributed by atoms with van der Waals surface area (Å²) in [6, 6.07) is 23.9. The van der Waals surface area contributed by atoms with Crippen LogP contribution in [0.3, 0.4) is 0 Å². The number of carbonyl (C=O) groups excluding carboxylic acids is 3. The molecule has 0 aliphatic carbocycles. The largest absolute Gasteiger partial charge is 0.462 e. The van der Waals surface area contributed by atoms with Gasteiger partial charge in [0.2, 0.25) is 5.91 Å². The molecule has 1 atom stereocenters. The first-order valence-electron chi connectivity index (χ1n) is 15.1. The second-order valence-corrected chi connectivity index (χ2v) is 11.4. The van der Waals surface area contributed by atoms with Crippen LogP contribution in [-0.2, 0) is 14.3 Å². The fourth-order valence-electron chi connectivity index (χ4n) is 5.64. The molecule has 9 nitrogen and oxygen atoms in total. The number of rotatable bonds is 11. The number of thiocarbonyl (C=S) groups is 1. The summed E-state index contributed by atoms with van der Waals surface area (Å²) in [6.45, 7) is 9.35. The second kappa shape index (κ2) is 14.5. The number of hydrogen-bond donors (Lipinski definition) is 1. The van der Waals surface area contributed by atoms with Gasteiger partial charge in [-0.15, -0.1) is 0 Å². The fraction of sp³-hybridized carbons (Fsp3) is 0.353. The molecular weight excluding hydrogens is 574 g/mol. The van der Waals surface area contributed by atoms with E-state index in [1.807, 2.05) is 42.2 Å². The summed E-state index contributed by atoms with van der Waals surface area (Å²) in [5, 5.41) is 3.29. The molecule has 0 aromatic heterocycles. The summed E-state index contributed by atoms with van der Waals surface area (Å²) in [4.78, 5) is 47.2. The summed E-state index contributed by atoms with van der Waals surface area (Å²) in [7, 11) is 0. The second-order valence-electron chi connectivity index (χ2n) is 11.1. The maximum atomic E-state index is 13.8. The lowest BCUT2D eigenvalue weighted by Crippen LogP contribution is -2.47. The summed E-state index contributed by atoms with van der Waals surface area (Å²) in [5.41, 5.74) is 3.97. The smallest absolute Gasteiger partial charge is 0.338 e. The minimum Gasteiger partial charge on any atom is -0.462 e. The van der Waals surface area contributed by atoms with E-state index in [0.717, 1.165) is 44.7 Å². The Bertz CT molecular complexity index is 1460. The van der Waals surface area contributed by atoms with E-state index in [1.165, 1.54) is 5.69 Å². The van der Waals surface area contributed by atoms with Gasteiger partial charge in [0.1, 0.15) is 6.04 Å². The van der Waals surface area contributed by atoms with E-state index < -0.39 is 12.0 Å². The van der Waals surface area contributed by atoms with E-state index >= 15 is 0 Å². The number of nitrogens with zero attached hydrogens (tertiary/aromatic N) is 4. The summed E-state index contributed by atoms with van der Waals surface area (Å²) in [5.74, 6) is -0.925. The summed E-state index contributed by atoms with van der Waals surface area (Å²) in [6.07, 6.45) is 0.769. The van der Waals surface area contributed by atoms with E-state index in [2.05, 4.69) is 39.4 Å². The minimum absolute atomic E-state index is 0.0449. The maximum absolute atomic E-state index is 13.8. The molecule has 2 aliphatic rings. The molecule has 44 heavy (non-hydrogen) atoms. The van der Waals surface area contributed by atoms with Crippen molar-refractivity contribution in [1.29, 1.82) is 0 Å². The fourth-order valence-corrected chi connectivity index (χ4v) is 6.06. The third-order valence-electron chi connectivity index (χ3n) is 8.04. The first kappa shape index (κ1) is 31.2. The number of benzene rings is 3. The molecule has 0 unspecified atom stereocenters. The quantitative estimate of drug-likeness (QED) is 0.246. The van der Waals surface area contributed by atoms with Crippen LogP contribution in [0.2, 0.25) is 0 Å². The highest BCUT2D eigenvalue weighted by molar-refractivity contribution is 7.80. The van der Waals surface area contributed by atoms with Crippen LogP contribution < -0.4 is 15.1 Å². The number of hydrogen-bond acceptors (Lipinski definition) is 7. The number of amides is 2. The zero-order valence-electron chi connectivity index (χ0n) is 25.3. The van der Waals surface area contributed by atoms with Crippen LogP contribution in [0.15, 0.2) is 78.9 Å². The standard InChI is InChI=1S/C34H39N5O4S/c1-3-43-33(42)26-12-14-27(15-13-26)35-31(40)24-30-32(41)39(29-16-10-25(2)11-17-29)34(44)38(30)19-7-18-36-20-22-37(23-21-36)28-8-5-4-6-9-28/h4-6,8-17,30H,3,7,18-24H2,1-2H3,(H,35,40)/t30-/m1/s1. The zero-order valence-corrected chi connectivity index (χ0v) is 26.1. The van der Waals surface area contributed by atoms with Gasteiger partial charge in [0, 0.05) is 44.1 Å². The van der Waals surface area contributed by atoms with E-state index in [-0.39, 0.29) is 24.8 Å². The van der Waals surface area contributed by atoms with Crippen LogP contribution in [-0.4, -0.2) is 84.6 Å². The molecule has 230 valence electrons. The van der Waals surface area contributed by atoms with Crippen molar-refractivity contribution in [2.75, 3.05) is 61.0 Å². The molecule has 0 radical (unpaired) electrons. The van der Waals surface area contributed by atoms with Crippen LogP contribution in [0.25, 0.3) is 0 Å². The van der Waals surface area contributed by atoms with Crippen LogP contribution >= 0.6 is 12.2 Å². The maximum Gasteiger partial charge on any atom is 0.338 e. The molecule has 2 fully saturated rings. The Balaban J connectivity index is 1.22. The number of nitrogens with one attached hydrogen (secondary N) is 1. The van der Waals surface area contributed by atoms with Gasteiger partial charge in [-0.05, 0) is 87.6 Å². The number of piperazine rings is 1. The van der Waals surface area contributed by atoms with Crippen molar-refractivity contribution in [2.45, 2.75) is 32.7 Å². The van der Waals surface area contributed by atoms with Crippen molar-refractivity contribution >= 4 is 52.2 Å². The van der Waals surface area contributed by atoms with E-state index in [4.69, 9.17) is 17.0 Å². The predicted octanol–water partition coefficient (Wildman–Crippen LogP) is 4.71. The van der Waals surface area contributed by atoms with Gasteiger partial charge in [-0.25, -0.2) is 4.79 Å². The van der Waals surface area contributed by atoms with Gasteiger partial charge >= 0.3 is 5.97 Å².